The number of methoxy groups -OCH3 is 2. The summed E-state index contributed by atoms with van der Waals surface area (Å²) in [5.74, 6) is 2.39. The maximum Gasteiger partial charge on any atom is 0.123 e. The molecular weight excluding hydrogens is 396 g/mol. The zero-order valence-corrected chi connectivity index (χ0v) is 18.3. The maximum atomic E-state index is 5.88. The van der Waals surface area contributed by atoms with Crippen molar-refractivity contribution in [3.8, 4) is 28.4 Å². The fraction of sp³-hybridized carbons (Fsp3) is 0.103. The van der Waals surface area contributed by atoms with Gasteiger partial charge in [-0.1, -0.05) is 78.9 Å². The van der Waals surface area contributed by atoms with E-state index in [1.54, 1.807) is 14.2 Å². The summed E-state index contributed by atoms with van der Waals surface area (Å²) in [5, 5.41) is 0. The molecule has 0 unspecified atom stereocenters. The first kappa shape index (κ1) is 21.3. The molecular formula is C29H26O3. The summed E-state index contributed by atoms with van der Waals surface area (Å²) in [6.07, 6.45) is 4.23. The van der Waals surface area contributed by atoms with Crippen molar-refractivity contribution in [2.24, 2.45) is 0 Å². The van der Waals surface area contributed by atoms with Crippen LogP contribution >= 0.6 is 0 Å². The van der Waals surface area contributed by atoms with Crippen LogP contribution in [0.1, 0.15) is 16.7 Å². The normalized spacial score (nSPS) is 10.8. The third-order valence-corrected chi connectivity index (χ3v) is 5.21. The molecule has 0 aromatic heterocycles. The van der Waals surface area contributed by atoms with Gasteiger partial charge in [-0.25, -0.2) is 0 Å². The second-order valence-electron chi connectivity index (χ2n) is 7.37. The van der Waals surface area contributed by atoms with E-state index in [-0.39, 0.29) is 0 Å². The Kier molecular flexibility index (Phi) is 6.88. The third kappa shape index (κ3) is 5.38. The third-order valence-electron chi connectivity index (χ3n) is 5.21. The van der Waals surface area contributed by atoms with Crippen LogP contribution in [0.4, 0.5) is 0 Å². The van der Waals surface area contributed by atoms with Gasteiger partial charge in [0.25, 0.3) is 0 Å². The molecule has 0 bridgehead atoms. The summed E-state index contributed by atoms with van der Waals surface area (Å²) in [4.78, 5) is 0. The van der Waals surface area contributed by atoms with Gasteiger partial charge in [0, 0.05) is 6.07 Å². The van der Waals surface area contributed by atoms with Gasteiger partial charge < -0.3 is 14.2 Å². The molecule has 0 amide bonds. The monoisotopic (exact) mass is 422 g/mol. The molecule has 0 fully saturated rings. The number of ether oxygens (including phenoxy) is 3. The first-order chi connectivity index (χ1) is 15.7. The average Bonchev–Trinajstić information content (AvgIpc) is 2.87. The van der Waals surface area contributed by atoms with E-state index in [4.69, 9.17) is 14.2 Å². The van der Waals surface area contributed by atoms with Gasteiger partial charge in [-0.2, -0.15) is 0 Å². The van der Waals surface area contributed by atoms with Crippen LogP contribution in [0.2, 0.25) is 0 Å². The molecule has 4 aromatic carbocycles. The highest BCUT2D eigenvalue weighted by Crippen LogP contribution is 2.32. The Morgan fingerprint density at radius 1 is 0.625 bits per heavy atom. The molecule has 0 saturated heterocycles. The Labute approximate surface area is 189 Å². The number of hydrogen-bond acceptors (Lipinski definition) is 3. The zero-order valence-electron chi connectivity index (χ0n) is 18.3. The minimum Gasteiger partial charge on any atom is -0.497 e. The topological polar surface area (TPSA) is 27.7 Å². The Morgan fingerprint density at radius 3 is 1.97 bits per heavy atom. The summed E-state index contributed by atoms with van der Waals surface area (Å²) < 4.78 is 16.8. The standard InChI is InChI=1S/C29H26O3/c1-30-27-18-25(19-28(20-27)31-2)29-11-7-6-10-24(29)15-12-22-13-16-26(17-14-22)32-21-23-8-4-3-5-9-23/h3-20H,21H2,1-2H3. The highest BCUT2D eigenvalue weighted by molar-refractivity contribution is 5.81. The molecule has 4 aromatic rings. The lowest BCUT2D eigenvalue weighted by atomic mass is 9.98. The molecule has 0 N–H and O–H groups in total. The van der Waals surface area contributed by atoms with Crippen molar-refractivity contribution in [3.05, 3.63) is 114 Å². The highest BCUT2D eigenvalue weighted by Gasteiger charge is 2.07. The Balaban J connectivity index is 1.51. The minimum atomic E-state index is 0.563. The second-order valence-corrected chi connectivity index (χ2v) is 7.37. The number of rotatable bonds is 8. The lowest BCUT2D eigenvalue weighted by Crippen LogP contribution is -1.94. The maximum absolute atomic E-state index is 5.88. The van der Waals surface area contributed by atoms with Crippen LogP contribution in [0, 0.1) is 0 Å². The van der Waals surface area contributed by atoms with Crippen molar-refractivity contribution in [1.82, 2.24) is 0 Å². The van der Waals surface area contributed by atoms with Crippen LogP contribution in [0.15, 0.2) is 97.1 Å². The van der Waals surface area contributed by atoms with Gasteiger partial charge in [-0.15, -0.1) is 0 Å². The van der Waals surface area contributed by atoms with Crippen LogP contribution < -0.4 is 14.2 Å². The lowest BCUT2D eigenvalue weighted by molar-refractivity contribution is 0.306. The molecule has 0 heterocycles. The van der Waals surface area contributed by atoms with Gasteiger partial charge in [0.15, 0.2) is 0 Å². The quantitative estimate of drug-likeness (QED) is 0.283. The van der Waals surface area contributed by atoms with Crippen LogP contribution in [0.3, 0.4) is 0 Å². The fourth-order valence-corrected chi connectivity index (χ4v) is 3.47. The lowest BCUT2D eigenvalue weighted by Gasteiger charge is -2.11. The first-order valence-corrected chi connectivity index (χ1v) is 10.5. The van der Waals surface area contributed by atoms with Gasteiger partial charge in [-0.3, -0.25) is 0 Å². The molecule has 0 aliphatic carbocycles. The fourth-order valence-electron chi connectivity index (χ4n) is 3.47. The molecule has 0 aliphatic heterocycles. The predicted molar refractivity (Wildman–Crippen MR) is 131 cm³/mol. The van der Waals surface area contributed by atoms with Crippen molar-refractivity contribution < 1.29 is 14.2 Å². The van der Waals surface area contributed by atoms with Gasteiger partial charge in [0.1, 0.15) is 23.9 Å². The highest BCUT2D eigenvalue weighted by atomic mass is 16.5. The molecule has 4 rings (SSSR count). The largest absolute Gasteiger partial charge is 0.497 e. The average molecular weight is 423 g/mol. The molecule has 0 saturated carbocycles. The van der Waals surface area contributed by atoms with Gasteiger partial charge >= 0.3 is 0 Å². The van der Waals surface area contributed by atoms with Crippen LogP contribution in [-0.2, 0) is 6.61 Å². The van der Waals surface area contributed by atoms with Crippen molar-refractivity contribution in [3.63, 3.8) is 0 Å². The smallest absolute Gasteiger partial charge is 0.123 e. The molecule has 3 heteroatoms. The summed E-state index contributed by atoms with van der Waals surface area (Å²) in [6, 6.07) is 32.5. The van der Waals surface area contributed by atoms with Crippen molar-refractivity contribution in [1.29, 1.82) is 0 Å². The molecule has 0 aliphatic rings. The van der Waals surface area contributed by atoms with Gasteiger partial charge in [-0.05, 0) is 52.1 Å². The Hall–Kier alpha value is -3.98. The molecule has 0 spiro atoms. The predicted octanol–water partition coefficient (Wildman–Crippen LogP) is 7.12. The summed E-state index contributed by atoms with van der Waals surface area (Å²) in [7, 11) is 3.33. The van der Waals surface area contributed by atoms with Crippen molar-refractivity contribution in [2.75, 3.05) is 14.2 Å². The minimum absolute atomic E-state index is 0.563. The molecule has 3 nitrogen and oxygen atoms in total. The van der Waals surface area contributed by atoms with E-state index in [0.29, 0.717) is 6.61 Å². The Morgan fingerprint density at radius 2 is 1.28 bits per heavy atom. The molecule has 0 atom stereocenters. The zero-order chi connectivity index (χ0) is 22.2. The van der Waals surface area contributed by atoms with E-state index in [0.717, 1.165) is 45.1 Å². The van der Waals surface area contributed by atoms with Crippen LogP contribution in [0.5, 0.6) is 17.2 Å². The number of hydrogen-bond donors (Lipinski definition) is 0. The molecule has 0 radical (unpaired) electrons. The van der Waals surface area contributed by atoms with Crippen LogP contribution in [0.25, 0.3) is 23.3 Å². The second kappa shape index (κ2) is 10.4. The summed E-state index contributed by atoms with van der Waals surface area (Å²) in [6.45, 7) is 0.563. The number of benzene rings is 4. The summed E-state index contributed by atoms with van der Waals surface area (Å²) >= 11 is 0. The first-order valence-electron chi connectivity index (χ1n) is 10.5. The van der Waals surface area contributed by atoms with Crippen molar-refractivity contribution in [2.45, 2.75) is 6.61 Å². The van der Waals surface area contributed by atoms with Crippen LogP contribution in [-0.4, -0.2) is 14.2 Å². The van der Waals surface area contributed by atoms with E-state index in [1.165, 1.54) is 0 Å². The van der Waals surface area contributed by atoms with E-state index in [9.17, 15) is 0 Å². The van der Waals surface area contributed by atoms with Crippen molar-refractivity contribution >= 4 is 12.2 Å². The molecule has 160 valence electrons. The summed E-state index contributed by atoms with van der Waals surface area (Å²) in [5.41, 5.74) is 5.54. The van der Waals surface area contributed by atoms with Gasteiger partial charge in [0.05, 0.1) is 14.2 Å². The molecule has 32 heavy (non-hydrogen) atoms. The Bertz CT molecular complexity index is 1160. The van der Waals surface area contributed by atoms with E-state index < -0.39 is 0 Å². The van der Waals surface area contributed by atoms with E-state index in [1.807, 2.05) is 60.7 Å². The van der Waals surface area contributed by atoms with E-state index >= 15 is 0 Å². The van der Waals surface area contributed by atoms with Gasteiger partial charge in [0.2, 0.25) is 0 Å². The van der Waals surface area contributed by atoms with E-state index in [2.05, 4.69) is 48.6 Å². The SMILES string of the molecule is COc1cc(OC)cc(-c2ccccc2C=Cc2ccc(OCc3ccccc3)cc2)c1.